The van der Waals surface area contributed by atoms with E-state index in [0.717, 1.165) is 33.5 Å². The Morgan fingerprint density at radius 2 is 1.19 bits per heavy atom. The number of hydrogen-bond acceptors (Lipinski definition) is 6. The van der Waals surface area contributed by atoms with Crippen LogP contribution in [0.3, 0.4) is 0 Å². The van der Waals surface area contributed by atoms with Crippen molar-refractivity contribution in [2.45, 2.75) is 52.2 Å². The largest absolute Gasteiger partial charge is 0.477 e. The highest BCUT2D eigenvalue weighted by Crippen LogP contribution is 2.44. The molecular formula is C26H30O6. The molecule has 3 aromatic carbocycles. The summed E-state index contributed by atoms with van der Waals surface area (Å²) in [4.78, 5) is 24.5. The lowest BCUT2D eigenvalue weighted by molar-refractivity contribution is -0.149. The predicted octanol–water partition coefficient (Wildman–Crippen LogP) is 5.22. The summed E-state index contributed by atoms with van der Waals surface area (Å²) in [5, 5.41) is 3.21. The molecule has 3 aromatic rings. The van der Waals surface area contributed by atoms with Gasteiger partial charge in [0.15, 0.2) is 12.2 Å². The Labute approximate surface area is 188 Å². The van der Waals surface area contributed by atoms with Gasteiger partial charge in [-0.25, -0.2) is 9.59 Å². The van der Waals surface area contributed by atoms with Gasteiger partial charge in [-0.05, 0) is 30.9 Å². The topological polar surface area (TPSA) is 71.1 Å². The van der Waals surface area contributed by atoms with E-state index in [1.54, 1.807) is 0 Å². The molecule has 0 aromatic heterocycles. The number of hydrogen-bond donors (Lipinski definition) is 0. The Morgan fingerprint density at radius 3 is 1.62 bits per heavy atom. The number of ether oxygens (including phenoxy) is 4. The third kappa shape index (κ3) is 4.49. The summed E-state index contributed by atoms with van der Waals surface area (Å²) >= 11 is 0. The Kier molecular flexibility index (Phi) is 7.57. The molecule has 6 heteroatoms. The summed E-state index contributed by atoms with van der Waals surface area (Å²) in [6.45, 7) is 5.83. The third-order valence-electron chi connectivity index (χ3n) is 5.59. The number of esters is 2. The Bertz CT molecular complexity index is 1120. The first kappa shape index (κ1) is 23.4. The van der Waals surface area contributed by atoms with Crippen LogP contribution in [0.1, 0.15) is 39.2 Å². The van der Waals surface area contributed by atoms with Gasteiger partial charge in [0.1, 0.15) is 11.5 Å². The minimum atomic E-state index is -0.734. The SMILES string of the molecule is CCc1ccc2c(OC(CC)C(=O)OC)c3ccccc3c(OC(CC)C(=O)OC)c2c1. The molecule has 0 N–H and O–H groups in total. The van der Waals surface area contributed by atoms with E-state index in [4.69, 9.17) is 18.9 Å². The summed E-state index contributed by atoms with van der Waals surface area (Å²) < 4.78 is 22.4. The zero-order chi connectivity index (χ0) is 23.3. The Hall–Kier alpha value is -3.28. The maximum Gasteiger partial charge on any atom is 0.347 e. The number of methoxy groups -OCH3 is 2. The molecule has 0 radical (unpaired) electrons. The van der Waals surface area contributed by atoms with Crippen LogP contribution >= 0.6 is 0 Å². The van der Waals surface area contributed by atoms with Crippen molar-refractivity contribution in [3.63, 3.8) is 0 Å². The van der Waals surface area contributed by atoms with Crippen molar-refractivity contribution < 1.29 is 28.5 Å². The second-order valence-electron chi connectivity index (χ2n) is 7.51. The molecule has 6 nitrogen and oxygen atoms in total. The fourth-order valence-corrected chi connectivity index (χ4v) is 3.76. The second-order valence-corrected chi connectivity index (χ2v) is 7.51. The molecule has 170 valence electrons. The molecule has 0 saturated heterocycles. The van der Waals surface area contributed by atoms with E-state index in [1.807, 2.05) is 56.3 Å². The molecule has 3 rings (SSSR count). The van der Waals surface area contributed by atoms with Crippen LogP contribution in [-0.4, -0.2) is 38.4 Å². The minimum Gasteiger partial charge on any atom is -0.477 e. The van der Waals surface area contributed by atoms with E-state index < -0.39 is 24.1 Å². The van der Waals surface area contributed by atoms with Crippen LogP contribution in [0.4, 0.5) is 0 Å². The number of carbonyl (C=O) groups is 2. The number of benzene rings is 3. The molecule has 32 heavy (non-hydrogen) atoms. The lowest BCUT2D eigenvalue weighted by atomic mass is 9.98. The average Bonchev–Trinajstić information content (AvgIpc) is 2.84. The van der Waals surface area contributed by atoms with Crippen molar-refractivity contribution in [2.75, 3.05) is 14.2 Å². The smallest absolute Gasteiger partial charge is 0.347 e. The Morgan fingerprint density at radius 1 is 0.719 bits per heavy atom. The molecule has 0 aliphatic rings. The first-order valence-corrected chi connectivity index (χ1v) is 10.9. The van der Waals surface area contributed by atoms with Crippen molar-refractivity contribution in [1.29, 1.82) is 0 Å². The molecular weight excluding hydrogens is 408 g/mol. The summed E-state index contributed by atoms with van der Waals surface area (Å²) in [5.74, 6) is 0.344. The van der Waals surface area contributed by atoms with Gasteiger partial charge in [-0.3, -0.25) is 0 Å². The van der Waals surface area contributed by atoms with E-state index in [2.05, 4.69) is 6.92 Å². The third-order valence-corrected chi connectivity index (χ3v) is 5.59. The van der Waals surface area contributed by atoms with Gasteiger partial charge in [0, 0.05) is 21.5 Å². The standard InChI is InChI=1S/C26H30O6/c1-6-16-13-14-19-20(15-16)24(32-22(8-3)26(28)30-5)18-12-10-9-11-17(18)23(19)31-21(7-2)25(27)29-4/h9-15,21-22H,6-8H2,1-5H3. The fraction of sp³-hybridized carbons (Fsp3) is 0.385. The fourth-order valence-electron chi connectivity index (χ4n) is 3.76. The van der Waals surface area contributed by atoms with Gasteiger partial charge < -0.3 is 18.9 Å². The molecule has 0 aliphatic heterocycles. The molecule has 0 saturated carbocycles. The van der Waals surface area contributed by atoms with Gasteiger partial charge in [-0.1, -0.05) is 57.2 Å². The molecule has 0 aliphatic carbocycles. The van der Waals surface area contributed by atoms with Crippen LogP contribution in [0.2, 0.25) is 0 Å². The van der Waals surface area contributed by atoms with E-state index in [9.17, 15) is 9.59 Å². The first-order valence-electron chi connectivity index (χ1n) is 10.9. The molecule has 0 fully saturated rings. The lowest BCUT2D eigenvalue weighted by Crippen LogP contribution is -2.28. The highest BCUT2D eigenvalue weighted by atomic mass is 16.6. The maximum absolute atomic E-state index is 12.3. The van der Waals surface area contributed by atoms with Gasteiger partial charge in [0.25, 0.3) is 0 Å². The van der Waals surface area contributed by atoms with Crippen LogP contribution in [0.5, 0.6) is 11.5 Å². The molecule has 0 spiro atoms. The van der Waals surface area contributed by atoms with E-state index in [0.29, 0.717) is 24.3 Å². The van der Waals surface area contributed by atoms with E-state index in [-0.39, 0.29) is 0 Å². The highest BCUT2D eigenvalue weighted by Gasteiger charge is 2.26. The quantitative estimate of drug-likeness (QED) is 0.337. The second kappa shape index (κ2) is 10.4. The van der Waals surface area contributed by atoms with Crippen LogP contribution in [0.15, 0.2) is 42.5 Å². The normalized spacial score (nSPS) is 12.9. The van der Waals surface area contributed by atoms with Crippen LogP contribution < -0.4 is 9.47 Å². The molecule has 2 unspecified atom stereocenters. The average molecular weight is 439 g/mol. The molecule has 2 atom stereocenters. The van der Waals surface area contributed by atoms with E-state index >= 15 is 0 Å². The molecule has 0 amide bonds. The predicted molar refractivity (Wildman–Crippen MR) is 124 cm³/mol. The highest BCUT2D eigenvalue weighted by molar-refractivity contribution is 6.11. The summed E-state index contributed by atoms with van der Waals surface area (Å²) in [6.07, 6.45) is 0.305. The monoisotopic (exact) mass is 438 g/mol. The van der Waals surface area contributed by atoms with Gasteiger partial charge >= 0.3 is 11.9 Å². The van der Waals surface area contributed by atoms with Crippen molar-refractivity contribution >= 4 is 33.5 Å². The minimum absolute atomic E-state index is 0.423. The van der Waals surface area contributed by atoms with Crippen LogP contribution in [0, 0.1) is 0 Å². The first-order chi connectivity index (χ1) is 15.5. The van der Waals surface area contributed by atoms with Crippen LogP contribution in [0.25, 0.3) is 21.5 Å². The Balaban J connectivity index is 2.31. The van der Waals surface area contributed by atoms with Gasteiger partial charge in [-0.2, -0.15) is 0 Å². The summed E-state index contributed by atoms with van der Waals surface area (Å²) in [7, 11) is 2.71. The van der Waals surface area contributed by atoms with Gasteiger partial charge in [0.05, 0.1) is 14.2 Å². The number of aryl methyl sites for hydroxylation is 1. The van der Waals surface area contributed by atoms with E-state index in [1.165, 1.54) is 14.2 Å². The number of carbonyl (C=O) groups excluding carboxylic acids is 2. The number of fused-ring (bicyclic) bond motifs is 2. The van der Waals surface area contributed by atoms with Gasteiger partial charge in [-0.15, -0.1) is 0 Å². The van der Waals surface area contributed by atoms with Crippen LogP contribution in [-0.2, 0) is 25.5 Å². The summed E-state index contributed by atoms with van der Waals surface area (Å²) in [5.41, 5.74) is 1.12. The van der Waals surface area contributed by atoms with Crippen molar-refractivity contribution in [2.24, 2.45) is 0 Å². The zero-order valence-electron chi connectivity index (χ0n) is 19.3. The maximum atomic E-state index is 12.3. The molecule has 0 bridgehead atoms. The lowest BCUT2D eigenvalue weighted by Gasteiger charge is -2.23. The van der Waals surface area contributed by atoms with Crippen molar-refractivity contribution in [1.82, 2.24) is 0 Å². The summed E-state index contributed by atoms with van der Waals surface area (Å²) in [6, 6.07) is 13.7. The van der Waals surface area contributed by atoms with Gasteiger partial charge in [0.2, 0.25) is 0 Å². The number of rotatable bonds is 9. The van der Waals surface area contributed by atoms with Crippen molar-refractivity contribution in [3.8, 4) is 11.5 Å². The zero-order valence-corrected chi connectivity index (χ0v) is 19.3. The van der Waals surface area contributed by atoms with Crippen molar-refractivity contribution in [3.05, 3.63) is 48.0 Å². The molecule has 0 heterocycles.